The smallest absolute Gasteiger partial charge is 0.270 e. The van der Waals surface area contributed by atoms with E-state index in [0.717, 1.165) is 12.0 Å². The van der Waals surface area contributed by atoms with E-state index in [-0.39, 0.29) is 22.2 Å². The van der Waals surface area contributed by atoms with Crippen LogP contribution in [0, 0.1) is 5.41 Å². The molecule has 0 heterocycles. The summed E-state index contributed by atoms with van der Waals surface area (Å²) in [6.07, 6.45) is 1.37. The van der Waals surface area contributed by atoms with Crippen LogP contribution in [0.5, 0.6) is 11.5 Å². The summed E-state index contributed by atoms with van der Waals surface area (Å²) in [5.41, 5.74) is 1.93. The highest BCUT2D eigenvalue weighted by molar-refractivity contribution is 6.33. The Labute approximate surface area is 123 Å². The SMILES string of the molecule is CCCc1c(O)c(Cl)cc(C(=N)c2ccccc2)c1[OH2+]. The molecular formula is C16H17ClNO2+. The third kappa shape index (κ3) is 2.63. The zero-order valence-corrected chi connectivity index (χ0v) is 12.0. The Morgan fingerprint density at radius 3 is 2.55 bits per heavy atom. The Kier molecular flexibility index (Phi) is 4.30. The fourth-order valence-corrected chi connectivity index (χ4v) is 2.37. The summed E-state index contributed by atoms with van der Waals surface area (Å²) in [4.78, 5) is 0. The van der Waals surface area contributed by atoms with E-state index in [1.54, 1.807) is 0 Å². The highest BCUT2D eigenvalue weighted by Crippen LogP contribution is 2.38. The summed E-state index contributed by atoms with van der Waals surface area (Å²) in [6.45, 7) is 1.97. The van der Waals surface area contributed by atoms with Crippen molar-refractivity contribution in [3.63, 3.8) is 0 Å². The summed E-state index contributed by atoms with van der Waals surface area (Å²) in [7, 11) is 0. The van der Waals surface area contributed by atoms with Crippen molar-refractivity contribution >= 4 is 17.3 Å². The molecule has 0 bridgehead atoms. The lowest BCUT2D eigenvalue weighted by atomic mass is 9.97. The average Bonchev–Trinajstić information content (AvgIpc) is 2.47. The minimum absolute atomic E-state index is 0.0388. The molecule has 0 unspecified atom stereocenters. The Hall–Kier alpha value is -2.00. The number of phenolic OH excluding ortho intramolecular Hbond substituents is 1. The molecule has 2 aromatic rings. The maximum absolute atomic E-state index is 9.96. The molecule has 20 heavy (non-hydrogen) atoms. The molecule has 2 rings (SSSR count). The van der Waals surface area contributed by atoms with Crippen LogP contribution in [0.1, 0.15) is 30.0 Å². The Morgan fingerprint density at radius 1 is 1.30 bits per heavy atom. The van der Waals surface area contributed by atoms with Gasteiger partial charge in [-0.15, -0.1) is 0 Å². The zero-order valence-electron chi connectivity index (χ0n) is 11.2. The molecule has 0 atom stereocenters. The molecule has 0 radical (unpaired) electrons. The molecule has 0 aliphatic heterocycles. The molecule has 0 aliphatic rings. The lowest BCUT2D eigenvalue weighted by Gasteiger charge is -2.11. The van der Waals surface area contributed by atoms with Gasteiger partial charge in [-0.3, -0.25) is 5.41 Å². The number of phenols is 1. The molecule has 4 N–H and O–H groups in total. The molecule has 3 nitrogen and oxygen atoms in total. The summed E-state index contributed by atoms with van der Waals surface area (Å²) in [5, 5.41) is 26.6. The van der Waals surface area contributed by atoms with Crippen molar-refractivity contribution in [2.45, 2.75) is 19.8 Å². The highest BCUT2D eigenvalue weighted by atomic mass is 35.5. The molecule has 0 aromatic heterocycles. The maximum atomic E-state index is 9.96. The molecule has 0 amide bonds. The lowest BCUT2D eigenvalue weighted by Crippen LogP contribution is -2.03. The van der Waals surface area contributed by atoms with Gasteiger partial charge in [-0.25, -0.2) is 0 Å². The molecule has 104 valence electrons. The van der Waals surface area contributed by atoms with Crippen LogP contribution in [0.25, 0.3) is 0 Å². The van der Waals surface area contributed by atoms with E-state index in [2.05, 4.69) is 0 Å². The van der Waals surface area contributed by atoms with E-state index in [1.807, 2.05) is 37.3 Å². The van der Waals surface area contributed by atoms with E-state index in [1.165, 1.54) is 6.07 Å². The van der Waals surface area contributed by atoms with Crippen molar-refractivity contribution in [3.05, 3.63) is 58.1 Å². The lowest BCUT2D eigenvalue weighted by molar-refractivity contribution is 0.437. The third-order valence-electron chi connectivity index (χ3n) is 3.19. The van der Waals surface area contributed by atoms with Gasteiger partial charge in [0, 0.05) is 5.56 Å². The highest BCUT2D eigenvalue weighted by Gasteiger charge is 2.22. The maximum Gasteiger partial charge on any atom is 0.270 e. The zero-order chi connectivity index (χ0) is 14.7. The molecule has 4 heteroatoms. The van der Waals surface area contributed by atoms with Gasteiger partial charge in [0.1, 0.15) is 5.75 Å². The van der Waals surface area contributed by atoms with Gasteiger partial charge in [-0.2, -0.15) is 0 Å². The predicted molar refractivity (Wildman–Crippen MR) is 82.5 cm³/mol. The predicted octanol–water partition coefficient (Wildman–Crippen LogP) is 3.85. The van der Waals surface area contributed by atoms with Crippen LogP contribution in [0.2, 0.25) is 5.02 Å². The number of aromatic hydroxyl groups is 1. The normalized spacial score (nSPS) is 10.5. The van der Waals surface area contributed by atoms with Crippen molar-refractivity contribution in [1.29, 1.82) is 5.41 Å². The van der Waals surface area contributed by atoms with E-state index in [9.17, 15) is 5.11 Å². The van der Waals surface area contributed by atoms with Gasteiger partial charge in [0.05, 0.1) is 21.9 Å². The molecule has 0 aliphatic carbocycles. The summed E-state index contributed by atoms with van der Waals surface area (Å²) in [6, 6.07) is 10.7. The first-order valence-electron chi connectivity index (χ1n) is 6.46. The van der Waals surface area contributed by atoms with E-state index in [0.29, 0.717) is 17.5 Å². The summed E-state index contributed by atoms with van der Waals surface area (Å²) < 4.78 is 0. The van der Waals surface area contributed by atoms with Gasteiger partial charge in [0.2, 0.25) is 0 Å². The molecular weight excluding hydrogens is 274 g/mol. The van der Waals surface area contributed by atoms with Crippen LogP contribution in [0.3, 0.4) is 0 Å². The molecule has 2 aromatic carbocycles. The van der Waals surface area contributed by atoms with E-state index >= 15 is 0 Å². The minimum Gasteiger partial charge on any atom is -0.593 e. The van der Waals surface area contributed by atoms with Crippen LogP contribution in [-0.4, -0.2) is 15.9 Å². The fraction of sp³-hybridized carbons (Fsp3) is 0.188. The van der Waals surface area contributed by atoms with Gasteiger partial charge in [0.15, 0.2) is 0 Å². The van der Waals surface area contributed by atoms with Crippen LogP contribution in [0.4, 0.5) is 0 Å². The fourth-order valence-electron chi connectivity index (χ4n) is 2.14. The number of hydrogen-bond acceptors (Lipinski definition) is 2. The first kappa shape index (κ1) is 14.4. The topological polar surface area (TPSA) is 67.0 Å². The van der Waals surface area contributed by atoms with Crippen LogP contribution in [0.15, 0.2) is 36.4 Å². The first-order chi connectivity index (χ1) is 9.56. The van der Waals surface area contributed by atoms with E-state index < -0.39 is 0 Å². The van der Waals surface area contributed by atoms with Crippen molar-refractivity contribution in [1.82, 2.24) is 0 Å². The molecule has 0 spiro atoms. The Morgan fingerprint density at radius 2 is 1.95 bits per heavy atom. The first-order valence-corrected chi connectivity index (χ1v) is 6.84. The standard InChI is InChI=1S/C16H16ClNO2/c1-2-6-11-15(19)12(9-13(17)16(11)20)14(18)10-7-4-3-5-8-10/h3-5,7-9,18-20H,2,6H2,1H3/p+1. The van der Waals surface area contributed by atoms with Gasteiger partial charge in [-0.05, 0) is 12.5 Å². The van der Waals surface area contributed by atoms with Gasteiger partial charge in [0.25, 0.3) is 5.75 Å². The van der Waals surface area contributed by atoms with Crippen molar-refractivity contribution < 1.29 is 10.2 Å². The number of nitrogens with one attached hydrogen (secondary N) is 1. The van der Waals surface area contributed by atoms with Crippen LogP contribution >= 0.6 is 11.6 Å². The van der Waals surface area contributed by atoms with Crippen molar-refractivity contribution in [2.75, 3.05) is 0 Å². The summed E-state index contributed by atoms with van der Waals surface area (Å²) in [5.74, 6) is 0.144. The van der Waals surface area contributed by atoms with E-state index in [4.69, 9.17) is 22.1 Å². The summed E-state index contributed by atoms with van der Waals surface area (Å²) >= 11 is 6.03. The van der Waals surface area contributed by atoms with Crippen LogP contribution < -0.4 is 0 Å². The number of rotatable bonds is 4. The molecule has 0 fully saturated rings. The van der Waals surface area contributed by atoms with Gasteiger partial charge >= 0.3 is 0 Å². The minimum atomic E-state index is -0.0388. The second-order valence-corrected chi connectivity index (χ2v) is 5.01. The van der Waals surface area contributed by atoms with Gasteiger partial charge in [-0.1, -0.05) is 55.3 Å². The van der Waals surface area contributed by atoms with Crippen molar-refractivity contribution in [3.8, 4) is 11.5 Å². The number of benzene rings is 2. The van der Waals surface area contributed by atoms with Gasteiger partial charge < -0.3 is 10.2 Å². The molecule has 0 saturated carbocycles. The Bertz CT molecular complexity index is 639. The third-order valence-corrected chi connectivity index (χ3v) is 3.47. The average molecular weight is 291 g/mol. The van der Waals surface area contributed by atoms with Crippen LogP contribution in [-0.2, 0) is 6.42 Å². The Balaban J connectivity index is 2.55. The largest absolute Gasteiger partial charge is 0.593 e. The molecule has 0 saturated heterocycles. The number of halogens is 1. The second kappa shape index (κ2) is 5.97. The van der Waals surface area contributed by atoms with Crippen molar-refractivity contribution in [2.24, 2.45) is 0 Å². The number of hydrogen-bond donors (Lipinski definition) is 2. The second-order valence-electron chi connectivity index (χ2n) is 4.60. The monoisotopic (exact) mass is 290 g/mol. The quantitative estimate of drug-likeness (QED) is 0.652.